The zero-order valence-electron chi connectivity index (χ0n) is 10.1. The van der Waals surface area contributed by atoms with Crippen LogP contribution in [0.25, 0.3) is 0 Å². The third-order valence-electron chi connectivity index (χ3n) is 3.11. The van der Waals surface area contributed by atoms with Crippen molar-refractivity contribution in [2.24, 2.45) is 0 Å². The quantitative estimate of drug-likeness (QED) is 0.872. The number of benzene rings is 1. The summed E-state index contributed by atoms with van der Waals surface area (Å²) >= 11 is 0. The van der Waals surface area contributed by atoms with Gasteiger partial charge in [0.2, 0.25) is 0 Å². The molecule has 0 radical (unpaired) electrons. The van der Waals surface area contributed by atoms with Gasteiger partial charge in [-0.2, -0.15) is 0 Å². The minimum absolute atomic E-state index is 0.569. The molecule has 0 saturated carbocycles. The number of aliphatic hydroxyl groups is 1. The van der Waals surface area contributed by atoms with Gasteiger partial charge in [0, 0.05) is 12.6 Å². The van der Waals surface area contributed by atoms with Crippen molar-refractivity contribution < 1.29 is 9.84 Å². The second-order valence-corrected chi connectivity index (χ2v) is 4.45. The maximum atomic E-state index is 10.3. The van der Waals surface area contributed by atoms with Crippen LogP contribution in [0.4, 0.5) is 0 Å². The molecule has 1 unspecified atom stereocenters. The molecule has 4 nitrogen and oxygen atoms in total. The summed E-state index contributed by atoms with van der Waals surface area (Å²) in [7, 11) is 0. The van der Waals surface area contributed by atoms with Crippen LogP contribution in [0.1, 0.15) is 28.6 Å². The highest BCUT2D eigenvalue weighted by molar-refractivity contribution is 5.41. The van der Waals surface area contributed by atoms with Gasteiger partial charge in [0.15, 0.2) is 0 Å². The summed E-state index contributed by atoms with van der Waals surface area (Å²) in [6.07, 6.45) is 3.44. The van der Waals surface area contributed by atoms with Crippen LogP contribution in [0, 0.1) is 6.92 Å². The summed E-state index contributed by atoms with van der Waals surface area (Å²) in [5.74, 6) is 0.918. The van der Waals surface area contributed by atoms with Crippen molar-refractivity contribution in [1.29, 1.82) is 0 Å². The van der Waals surface area contributed by atoms with Crippen LogP contribution in [0.5, 0.6) is 5.75 Å². The molecule has 3 rings (SSSR count). The maximum Gasteiger partial charge on any atom is 0.123 e. The summed E-state index contributed by atoms with van der Waals surface area (Å²) in [5.41, 5.74) is 3.39. The van der Waals surface area contributed by atoms with Gasteiger partial charge < -0.3 is 9.84 Å². The molecule has 18 heavy (non-hydrogen) atoms. The number of nitrogens with zero attached hydrogens (tertiary/aromatic N) is 2. The van der Waals surface area contributed by atoms with E-state index in [1.54, 1.807) is 12.4 Å². The van der Waals surface area contributed by atoms with Crippen LogP contribution >= 0.6 is 0 Å². The van der Waals surface area contributed by atoms with Gasteiger partial charge in [0.25, 0.3) is 0 Å². The third kappa shape index (κ3) is 1.95. The highest BCUT2D eigenvalue weighted by atomic mass is 16.5. The lowest BCUT2D eigenvalue weighted by Crippen LogP contribution is -2.03. The Labute approximate surface area is 105 Å². The second kappa shape index (κ2) is 4.38. The Morgan fingerprint density at radius 2 is 2.17 bits per heavy atom. The molecule has 4 heteroatoms. The average Bonchev–Trinajstić information content (AvgIpc) is 2.86. The standard InChI is InChI=1S/C14H14N2O2/c1-9-7-16-12(8-15-9)14(17)11-2-3-13-10(6-11)4-5-18-13/h2-3,6-8,14,17H,4-5H2,1H3. The topological polar surface area (TPSA) is 55.2 Å². The number of ether oxygens (including phenoxy) is 1. The van der Waals surface area contributed by atoms with Crippen LogP contribution in [0.2, 0.25) is 0 Å². The molecule has 1 aromatic carbocycles. The van der Waals surface area contributed by atoms with Gasteiger partial charge in [0.1, 0.15) is 11.9 Å². The Morgan fingerprint density at radius 1 is 1.28 bits per heavy atom. The Balaban J connectivity index is 1.92. The van der Waals surface area contributed by atoms with Crippen LogP contribution < -0.4 is 4.74 Å². The fourth-order valence-electron chi connectivity index (χ4n) is 2.09. The molecule has 1 N–H and O–H groups in total. The molecule has 0 spiro atoms. The van der Waals surface area contributed by atoms with Crippen molar-refractivity contribution in [2.75, 3.05) is 6.61 Å². The number of aromatic nitrogens is 2. The largest absolute Gasteiger partial charge is 0.493 e. The second-order valence-electron chi connectivity index (χ2n) is 4.45. The molecule has 0 saturated heterocycles. The fourth-order valence-corrected chi connectivity index (χ4v) is 2.09. The SMILES string of the molecule is Cc1cnc(C(O)c2ccc3c(c2)CCO3)cn1. The minimum atomic E-state index is -0.732. The van der Waals surface area contributed by atoms with E-state index in [-0.39, 0.29) is 0 Å². The molecular weight excluding hydrogens is 228 g/mol. The maximum absolute atomic E-state index is 10.3. The van der Waals surface area contributed by atoms with Crippen LogP contribution in [-0.2, 0) is 6.42 Å². The average molecular weight is 242 g/mol. The first-order chi connectivity index (χ1) is 8.74. The van der Waals surface area contributed by atoms with Gasteiger partial charge in [-0.25, -0.2) is 0 Å². The van der Waals surface area contributed by atoms with E-state index in [4.69, 9.17) is 4.74 Å². The van der Waals surface area contributed by atoms with Crippen molar-refractivity contribution >= 4 is 0 Å². The van der Waals surface area contributed by atoms with E-state index in [1.165, 1.54) is 0 Å². The first-order valence-electron chi connectivity index (χ1n) is 5.96. The van der Waals surface area contributed by atoms with Gasteiger partial charge in [0.05, 0.1) is 24.2 Å². The highest BCUT2D eigenvalue weighted by Gasteiger charge is 2.17. The molecule has 1 aromatic heterocycles. The number of hydrogen-bond acceptors (Lipinski definition) is 4. The Bertz CT molecular complexity index is 567. The number of rotatable bonds is 2. The Kier molecular flexibility index (Phi) is 2.72. The molecule has 1 atom stereocenters. The molecule has 2 aromatic rings. The predicted octanol–water partition coefficient (Wildman–Crippen LogP) is 1.80. The zero-order valence-corrected chi connectivity index (χ0v) is 10.1. The molecule has 0 bridgehead atoms. The minimum Gasteiger partial charge on any atom is -0.493 e. The normalized spacial score (nSPS) is 15.0. The van der Waals surface area contributed by atoms with Crippen LogP contribution in [0.3, 0.4) is 0 Å². The summed E-state index contributed by atoms with van der Waals surface area (Å²) < 4.78 is 5.45. The highest BCUT2D eigenvalue weighted by Crippen LogP contribution is 2.29. The van der Waals surface area contributed by atoms with Gasteiger partial charge in [-0.3, -0.25) is 9.97 Å². The summed E-state index contributed by atoms with van der Waals surface area (Å²) in [4.78, 5) is 8.36. The van der Waals surface area contributed by atoms with Crippen molar-refractivity contribution in [2.45, 2.75) is 19.4 Å². The van der Waals surface area contributed by atoms with E-state index in [2.05, 4.69) is 9.97 Å². The van der Waals surface area contributed by atoms with E-state index in [9.17, 15) is 5.11 Å². The molecule has 0 amide bonds. The van der Waals surface area contributed by atoms with E-state index >= 15 is 0 Å². The van der Waals surface area contributed by atoms with Crippen LogP contribution in [-0.4, -0.2) is 21.7 Å². The zero-order chi connectivity index (χ0) is 12.5. The van der Waals surface area contributed by atoms with E-state index < -0.39 is 6.10 Å². The summed E-state index contributed by atoms with van der Waals surface area (Å²) in [5, 5.41) is 10.3. The van der Waals surface area contributed by atoms with E-state index in [0.717, 1.165) is 35.6 Å². The fraction of sp³-hybridized carbons (Fsp3) is 0.286. The summed E-state index contributed by atoms with van der Waals surface area (Å²) in [6.45, 7) is 2.59. The smallest absolute Gasteiger partial charge is 0.123 e. The number of aliphatic hydroxyl groups excluding tert-OH is 1. The monoisotopic (exact) mass is 242 g/mol. The van der Waals surface area contributed by atoms with E-state index in [1.807, 2.05) is 25.1 Å². The molecule has 0 fully saturated rings. The Morgan fingerprint density at radius 3 is 2.94 bits per heavy atom. The molecule has 92 valence electrons. The predicted molar refractivity (Wildman–Crippen MR) is 66.5 cm³/mol. The lowest BCUT2D eigenvalue weighted by molar-refractivity contribution is 0.214. The molecule has 1 aliphatic rings. The van der Waals surface area contributed by atoms with Crippen molar-refractivity contribution in [3.63, 3.8) is 0 Å². The van der Waals surface area contributed by atoms with Crippen molar-refractivity contribution in [3.8, 4) is 5.75 Å². The molecule has 0 aliphatic carbocycles. The van der Waals surface area contributed by atoms with Gasteiger partial charge in [-0.15, -0.1) is 0 Å². The number of aryl methyl sites for hydroxylation is 1. The first-order valence-corrected chi connectivity index (χ1v) is 5.96. The molecular formula is C14H14N2O2. The summed E-state index contributed by atoms with van der Waals surface area (Å²) in [6, 6.07) is 5.76. The number of hydrogen-bond donors (Lipinski definition) is 1. The van der Waals surface area contributed by atoms with Crippen LogP contribution in [0.15, 0.2) is 30.6 Å². The van der Waals surface area contributed by atoms with Crippen molar-refractivity contribution in [3.05, 3.63) is 53.1 Å². The molecule has 1 aliphatic heterocycles. The Hall–Kier alpha value is -1.94. The lowest BCUT2D eigenvalue weighted by Gasteiger charge is -2.11. The van der Waals surface area contributed by atoms with Gasteiger partial charge in [-0.05, 0) is 30.2 Å². The number of fused-ring (bicyclic) bond motifs is 1. The van der Waals surface area contributed by atoms with Gasteiger partial charge in [-0.1, -0.05) is 6.07 Å². The molecule has 2 heterocycles. The third-order valence-corrected chi connectivity index (χ3v) is 3.11. The van der Waals surface area contributed by atoms with Crippen molar-refractivity contribution in [1.82, 2.24) is 9.97 Å². The van der Waals surface area contributed by atoms with Gasteiger partial charge >= 0.3 is 0 Å². The van der Waals surface area contributed by atoms with E-state index in [0.29, 0.717) is 5.69 Å². The lowest BCUT2D eigenvalue weighted by atomic mass is 10.0. The first kappa shape index (κ1) is 11.2.